The van der Waals surface area contributed by atoms with Gasteiger partial charge in [0.05, 0.1) is 39.1 Å². The number of carbonyl (C=O) groups excluding carboxylic acids is 2. The third-order valence-electron chi connectivity index (χ3n) is 9.23. The molecule has 43 heavy (non-hydrogen) atoms. The van der Waals surface area contributed by atoms with E-state index in [0.717, 1.165) is 54.0 Å². The molecule has 0 saturated carbocycles. The van der Waals surface area contributed by atoms with Gasteiger partial charge in [-0.15, -0.1) is 0 Å². The summed E-state index contributed by atoms with van der Waals surface area (Å²) in [5.41, 5.74) is 3.24. The normalized spacial score (nSPS) is 19.6. The molecule has 0 aliphatic carbocycles. The fraction of sp³-hybridized carbons (Fsp3) is 0.333. The van der Waals surface area contributed by atoms with Gasteiger partial charge >= 0.3 is 5.97 Å². The van der Waals surface area contributed by atoms with Gasteiger partial charge in [0, 0.05) is 55.8 Å². The molecular weight excluding hydrogens is 587 g/mol. The number of ether oxygens (including phenoxy) is 1. The molecule has 10 heteroatoms. The number of pyridine rings is 2. The van der Waals surface area contributed by atoms with Crippen molar-refractivity contribution < 1.29 is 14.3 Å². The van der Waals surface area contributed by atoms with E-state index in [1.54, 1.807) is 10.6 Å². The second kappa shape index (κ2) is 10.8. The van der Waals surface area contributed by atoms with Gasteiger partial charge in [-0.1, -0.05) is 48.3 Å². The number of Topliss-reactive ketones (excluding diaryl/α,β-unsaturated/α-hetero) is 1. The van der Waals surface area contributed by atoms with Crippen LogP contribution in [0, 0.1) is 0 Å². The zero-order valence-electron chi connectivity index (χ0n) is 23.7. The lowest BCUT2D eigenvalue weighted by molar-refractivity contribution is -0.158. The molecule has 3 aliphatic rings. The van der Waals surface area contributed by atoms with Crippen LogP contribution in [-0.2, 0) is 32.9 Å². The molecule has 1 fully saturated rings. The average molecular weight is 618 g/mol. The van der Waals surface area contributed by atoms with Crippen LogP contribution >= 0.6 is 23.2 Å². The van der Waals surface area contributed by atoms with Crippen LogP contribution in [0.3, 0.4) is 0 Å². The number of cyclic esters (lactones) is 1. The Kier molecular flexibility index (Phi) is 7.03. The van der Waals surface area contributed by atoms with E-state index in [-0.39, 0.29) is 30.8 Å². The fourth-order valence-electron chi connectivity index (χ4n) is 6.79. The number of hydrogen-bond acceptors (Lipinski definition) is 7. The summed E-state index contributed by atoms with van der Waals surface area (Å²) in [5.74, 6) is -0.798. The zero-order chi connectivity index (χ0) is 29.9. The molecule has 0 unspecified atom stereocenters. The summed E-state index contributed by atoms with van der Waals surface area (Å²) in [6.45, 7) is 5.67. The fourth-order valence-corrected chi connectivity index (χ4v) is 7.08. The predicted molar refractivity (Wildman–Crippen MR) is 167 cm³/mol. The molecule has 4 aromatic rings. The van der Waals surface area contributed by atoms with E-state index in [4.69, 9.17) is 32.9 Å². The quantitative estimate of drug-likeness (QED) is 0.191. The highest BCUT2D eigenvalue weighted by atomic mass is 35.5. The molecule has 2 aromatic carbocycles. The van der Waals surface area contributed by atoms with Gasteiger partial charge in [0.1, 0.15) is 6.61 Å². The first-order valence-corrected chi connectivity index (χ1v) is 15.3. The number of rotatable bonds is 6. The standard InChI is InChI=1S/C33H30Cl2N4O4/c1-2-33(29(40)9-10-37-11-13-38(14-12-37)22-7-8-25(34)26(35)16-22)24-17-28-30-21(15-20-5-3-4-6-27(20)36-30)18-39(28)31(41)23(24)19-43-32(33)42/h3-8,15-17H,2,9-14,18-19H2,1H3/t33-/m1/s1. The summed E-state index contributed by atoms with van der Waals surface area (Å²) in [7, 11) is 0. The van der Waals surface area contributed by atoms with Crippen LogP contribution in [0.25, 0.3) is 22.3 Å². The van der Waals surface area contributed by atoms with Crippen LogP contribution in [0.1, 0.15) is 36.5 Å². The predicted octanol–water partition coefficient (Wildman–Crippen LogP) is 5.22. The maximum Gasteiger partial charge on any atom is 0.324 e. The molecule has 0 spiro atoms. The lowest BCUT2D eigenvalue weighted by Crippen LogP contribution is -2.51. The number of piperazine rings is 1. The number of esters is 1. The number of fused-ring (bicyclic) bond motifs is 5. The Morgan fingerprint density at radius 2 is 1.79 bits per heavy atom. The van der Waals surface area contributed by atoms with Crippen LogP contribution in [0.5, 0.6) is 0 Å². The molecule has 3 aliphatic heterocycles. The highest BCUT2D eigenvalue weighted by molar-refractivity contribution is 6.42. The van der Waals surface area contributed by atoms with Crippen molar-refractivity contribution in [2.45, 2.75) is 38.3 Å². The molecule has 5 heterocycles. The van der Waals surface area contributed by atoms with E-state index < -0.39 is 11.4 Å². The highest BCUT2D eigenvalue weighted by Crippen LogP contribution is 2.41. The van der Waals surface area contributed by atoms with Gasteiger partial charge in [-0.2, -0.15) is 0 Å². The van der Waals surface area contributed by atoms with Crippen LogP contribution in [0.2, 0.25) is 10.0 Å². The summed E-state index contributed by atoms with van der Waals surface area (Å²) < 4.78 is 7.24. The number of para-hydroxylation sites is 1. The number of carbonyl (C=O) groups is 2. The SMILES string of the molecule is CC[C@@]1(C(=O)CCN2CCN(c3ccc(Cl)c(Cl)c3)CC2)C(=O)OCc2c1cc1n(c2=O)Cc2cc3ccccc3nc2-1. The maximum atomic E-state index is 14.1. The van der Waals surface area contributed by atoms with Crippen LogP contribution < -0.4 is 10.5 Å². The molecule has 7 rings (SSSR count). The van der Waals surface area contributed by atoms with Crippen molar-refractivity contribution >= 4 is 51.5 Å². The van der Waals surface area contributed by atoms with E-state index >= 15 is 0 Å². The first kappa shape index (κ1) is 28.1. The Morgan fingerprint density at radius 3 is 2.56 bits per heavy atom. The molecule has 1 atom stereocenters. The van der Waals surface area contributed by atoms with Crippen LogP contribution in [0.4, 0.5) is 5.69 Å². The summed E-state index contributed by atoms with van der Waals surface area (Å²) in [6.07, 6.45) is 0.386. The summed E-state index contributed by atoms with van der Waals surface area (Å²) in [5, 5.41) is 2.05. The van der Waals surface area contributed by atoms with Crippen molar-refractivity contribution in [1.29, 1.82) is 0 Å². The lowest BCUT2D eigenvalue weighted by Gasteiger charge is -2.38. The van der Waals surface area contributed by atoms with Crippen molar-refractivity contribution in [2.75, 3.05) is 37.6 Å². The molecule has 0 radical (unpaired) electrons. The van der Waals surface area contributed by atoms with Crippen molar-refractivity contribution in [3.63, 3.8) is 0 Å². The third kappa shape index (κ3) is 4.55. The topological polar surface area (TPSA) is 84.7 Å². The van der Waals surface area contributed by atoms with Crippen molar-refractivity contribution in [3.8, 4) is 11.4 Å². The van der Waals surface area contributed by atoms with Gasteiger partial charge in [-0.25, -0.2) is 4.98 Å². The minimum Gasteiger partial charge on any atom is -0.460 e. The number of anilines is 1. The number of ketones is 1. The van der Waals surface area contributed by atoms with Gasteiger partial charge in [0.2, 0.25) is 0 Å². The Bertz CT molecular complexity index is 1860. The van der Waals surface area contributed by atoms with E-state index in [9.17, 15) is 14.4 Å². The van der Waals surface area contributed by atoms with Crippen molar-refractivity contribution in [3.05, 3.63) is 91.7 Å². The molecule has 220 valence electrons. The maximum absolute atomic E-state index is 14.1. The van der Waals surface area contributed by atoms with E-state index in [1.165, 1.54) is 0 Å². The summed E-state index contributed by atoms with van der Waals surface area (Å²) in [6, 6.07) is 17.4. The Hall–Kier alpha value is -3.72. The van der Waals surface area contributed by atoms with Gasteiger partial charge < -0.3 is 14.2 Å². The summed E-state index contributed by atoms with van der Waals surface area (Å²) in [4.78, 5) is 50.7. The van der Waals surface area contributed by atoms with E-state index in [1.807, 2.05) is 49.4 Å². The second-order valence-corrected chi connectivity index (χ2v) is 12.3. The molecule has 8 nitrogen and oxygen atoms in total. The molecule has 0 amide bonds. The number of nitrogens with zero attached hydrogens (tertiary/aromatic N) is 4. The van der Waals surface area contributed by atoms with Crippen LogP contribution in [-0.4, -0.2) is 58.9 Å². The van der Waals surface area contributed by atoms with Crippen molar-refractivity contribution in [2.24, 2.45) is 0 Å². The molecule has 2 aromatic heterocycles. The second-order valence-electron chi connectivity index (χ2n) is 11.4. The van der Waals surface area contributed by atoms with E-state index in [2.05, 4.69) is 15.9 Å². The monoisotopic (exact) mass is 616 g/mol. The highest BCUT2D eigenvalue weighted by Gasteiger charge is 2.52. The Morgan fingerprint density at radius 1 is 1.00 bits per heavy atom. The number of aromatic nitrogens is 2. The van der Waals surface area contributed by atoms with Gasteiger partial charge in [-0.3, -0.25) is 19.3 Å². The van der Waals surface area contributed by atoms with E-state index in [0.29, 0.717) is 40.0 Å². The zero-order valence-corrected chi connectivity index (χ0v) is 25.2. The van der Waals surface area contributed by atoms with Gasteiger partial charge in [0.15, 0.2) is 11.2 Å². The van der Waals surface area contributed by atoms with Crippen molar-refractivity contribution in [1.82, 2.24) is 14.5 Å². The van der Waals surface area contributed by atoms with Crippen LogP contribution in [0.15, 0.2) is 59.4 Å². The minimum atomic E-state index is -1.52. The largest absolute Gasteiger partial charge is 0.460 e. The summed E-state index contributed by atoms with van der Waals surface area (Å²) >= 11 is 12.3. The Labute approximate surface area is 258 Å². The average Bonchev–Trinajstić information content (AvgIpc) is 3.38. The number of hydrogen-bond donors (Lipinski definition) is 0. The minimum absolute atomic E-state index is 0.134. The van der Waals surface area contributed by atoms with Gasteiger partial charge in [0.25, 0.3) is 5.56 Å². The third-order valence-corrected chi connectivity index (χ3v) is 9.97. The first-order valence-electron chi connectivity index (χ1n) is 14.6. The lowest BCUT2D eigenvalue weighted by atomic mass is 9.70. The molecular formula is C33H30Cl2N4O4. The number of halogens is 2. The molecule has 0 bridgehead atoms. The smallest absolute Gasteiger partial charge is 0.324 e. The molecule has 1 saturated heterocycles. The van der Waals surface area contributed by atoms with Gasteiger partial charge in [-0.05, 0) is 48.4 Å². The Balaban J connectivity index is 1.15. The first-order chi connectivity index (χ1) is 20.8. The number of benzene rings is 2. The molecule has 0 N–H and O–H groups in total.